The predicted octanol–water partition coefficient (Wildman–Crippen LogP) is 1.14. The van der Waals surface area contributed by atoms with Crippen LogP contribution in [-0.4, -0.2) is 34.9 Å². The lowest BCUT2D eigenvalue weighted by Crippen LogP contribution is -2.36. The van der Waals surface area contributed by atoms with Crippen LogP contribution in [0.25, 0.3) is 0 Å². The van der Waals surface area contributed by atoms with E-state index >= 15 is 0 Å². The average molecular weight is 266 g/mol. The Balaban J connectivity index is 2.14. The van der Waals surface area contributed by atoms with Crippen molar-refractivity contribution in [1.82, 2.24) is 15.1 Å². The third-order valence-corrected chi connectivity index (χ3v) is 2.73. The van der Waals surface area contributed by atoms with Crippen LogP contribution in [0.4, 0.5) is 10.5 Å². The number of fused-ring (bicyclic) bond motifs is 1. The number of aromatic nitrogens is 2. The maximum atomic E-state index is 11.8. The normalized spacial score (nSPS) is 14.0. The van der Waals surface area contributed by atoms with E-state index < -0.39 is 6.09 Å². The van der Waals surface area contributed by atoms with E-state index in [9.17, 15) is 9.59 Å². The number of amides is 2. The summed E-state index contributed by atoms with van der Waals surface area (Å²) in [6.07, 6.45) is -0.564. The van der Waals surface area contributed by atoms with Crippen molar-refractivity contribution in [3.63, 3.8) is 0 Å². The molecule has 0 bridgehead atoms. The van der Waals surface area contributed by atoms with Gasteiger partial charge in [-0.05, 0) is 12.8 Å². The number of ether oxygens (including phenoxy) is 1. The first-order valence-electron chi connectivity index (χ1n) is 6.28. The summed E-state index contributed by atoms with van der Waals surface area (Å²) >= 11 is 0. The first-order chi connectivity index (χ1) is 8.99. The van der Waals surface area contributed by atoms with Crippen LogP contribution in [0.3, 0.4) is 0 Å². The molecule has 1 aliphatic rings. The Morgan fingerprint density at radius 2 is 2.32 bits per heavy atom. The minimum absolute atomic E-state index is 0.231. The van der Waals surface area contributed by atoms with Gasteiger partial charge in [-0.3, -0.25) is 14.8 Å². The zero-order valence-corrected chi connectivity index (χ0v) is 11.3. The Bertz CT molecular complexity index is 507. The number of rotatable bonds is 3. The van der Waals surface area contributed by atoms with Gasteiger partial charge in [0.05, 0.1) is 24.5 Å². The van der Waals surface area contributed by atoms with Gasteiger partial charge in [-0.1, -0.05) is 13.8 Å². The minimum Gasteiger partial charge on any atom is -0.449 e. The second-order valence-corrected chi connectivity index (χ2v) is 4.91. The minimum atomic E-state index is -0.564. The summed E-state index contributed by atoms with van der Waals surface area (Å²) in [5.41, 5.74) is 1.41. The molecule has 1 aliphatic heterocycles. The molecule has 0 saturated carbocycles. The highest BCUT2D eigenvalue weighted by atomic mass is 16.5. The summed E-state index contributed by atoms with van der Waals surface area (Å²) in [6, 6.07) is 0. The number of hydrogen-bond donors (Lipinski definition) is 2. The number of carbonyl (C=O) groups excluding carboxylic acids is 2. The van der Waals surface area contributed by atoms with Gasteiger partial charge in [0.1, 0.15) is 5.69 Å². The van der Waals surface area contributed by atoms with Crippen molar-refractivity contribution in [2.45, 2.75) is 27.3 Å². The largest absolute Gasteiger partial charge is 0.449 e. The van der Waals surface area contributed by atoms with Crippen molar-refractivity contribution in [2.75, 3.05) is 18.5 Å². The molecular formula is C12H18N4O3. The van der Waals surface area contributed by atoms with Crippen LogP contribution < -0.4 is 10.6 Å². The van der Waals surface area contributed by atoms with Crippen LogP contribution >= 0.6 is 0 Å². The zero-order chi connectivity index (χ0) is 14.0. The number of anilines is 1. The van der Waals surface area contributed by atoms with Crippen molar-refractivity contribution in [2.24, 2.45) is 5.92 Å². The smallest absolute Gasteiger partial charge is 0.411 e. The molecule has 0 aliphatic carbocycles. The Morgan fingerprint density at radius 3 is 3.00 bits per heavy atom. The summed E-state index contributed by atoms with van der Waals surface area (Å²) in [7, 11) is 0. The third kappa shape index (κ3) is 2.86. The van der Waals surface area contributed by atoms with Crippen LogP contribution in [0.5, 0.6) is 0 Å². The number of nitrogens with zero attached hydrogens (tertiary/aromatic N) is 2. The zero-order valence-electron chi connectivity index (χ0n) is 11.3. The molecule has 0 unspecified atom stereocenters. The standard InChI is InChI=1S/C12H18N4O3/c1-7(2)6-19-12(18)14-9-8(3)15-16-5-4-13-11(17)10(9)16/h7H,4-6H2,1-3H3,(H,13,17)(H,14,18). The van der Waals surface area contributed by atoms with Crippen LogP contribution in [0.1, 0.15) is 30.0 Å². The van der Waals surface area contributed by atoms with E-state index in [1.165, 1.54) is 0 Å². The van der Waals surface area contributed by atoms with Crippen molar-refractivity contribution >= 4 is 17.7 Å². The second-order valence-electron chi connectivity index (χ2n) is 4.91. The van der Waals surface area contributed by atoms with E-state index in [4.69, 9.17) is 4.74 Å². The van der Waals surface area contributed by atoms with Crippen molar-refractivity contribution in [3.8, 4) is 0 Å². The van der Waals surface area contributed by atoms with Gasteiger partial charge in [-0.15, -0.1) is 0 Å². The first-order valence-corrected chi connectivity index (χ1v) is 6.28. The molecule has 19 heavy (non-hydrogen) atoms. The van der Waals surface area contributed by atoms with Gasteiger partial charge >= 0.3 is 6.09 Å². The highest BCUT2D eigenvalue weighted by Crippen LogP contribution is 2.22. The third-order valence-electron chi connectivity index (χ3n) is 2.73. The van der Waals surface area contributed by atoms with Gasteiger partial charge < -0.3 is 10.1 Å². The van der Waals surface area contributed by atoms with Crippen LogP contribution in [0, 0.1) is 12.8 Å². The van der Waals surface area contributed by atoms with Gasteiger partial charge in [0, 0.05) is 6.54 Å². The molecule has 2 rings (SSSR count). The fourth-order valence-corrected chi connectivity index (χ4v) is 1.86. The molecule has 2 amide bonds. The van der Waals surface area contributed by atoms with Crippen LogP contribution in [0.15, 0.2) is 0 Å². The van der Waals surface area contributed by atoms with Gasteiger partial charge in [0.15, 0.2) is 0 Å². The molecule has 0 radical (unpaired) electrons. The molecular weight excluding hydrogens is 248 g/mol. The molecule has 1 aromatic rings. The highest BCUT2D eigenvalue weighted by Gasteiger charge is 2.26. The first kappa shape index (κ1) is 13.4. The van der Waals surface area contributed by atoms with E-state index in [1.54, 1.807) is 11.6 Å². The van der Waals surface area contributed by atoms with Gasteiger partial charge in [0.25, 0.3) is 5.91 Å². The Hall–Kier alpha value is -2.05. The van der Waals surface area contributed by atoms with E-state index in [1.807, 2.05) is 13.8 Å². The lowest BCUT2D eigenvalue weighted by atomic mass is 10.2. The monoisotopic (exact) mass is 266 g/mol. The van der Waals surface area contributed by atoms with E-state index in [0.29, 0.717) is 36.8 Å². The Labute approximate surface area is 111 Å². The number of aryl methyl sites for hydroxylation is 1. The predicted molar refractivity (Wildman–Crippen MR) is 69.1 cm³/mol. The lowest BCUT2D eigenvalue weighted by molar-refractivity contribution is 0.0925. The quantitative estimate of drug-likeness (QED) is 0.859. The molecule has 7 nitrogen and oxygen atoms in total. The molecule has 0 atom stereocenters. The van der Waals surface area contributed by atoms with E-state index in [0.717, 1.165) is 0 Å². The fourth-order valence-electron chi connectivity index (χ4n) is 1.86. The van der Waals surface area contributed by atoms with Gasteiger partial charge in [-0.25, -0.2) is 4.79 Å². The Kier molecular flexibility index (Phi) is 3.73. The van der Waals surface area contributed by atoms with E-state index in [2.05, 4.69) is 15.7 Å². The number of carbonyl (C=O) groups is 2. The maximum Gasteiger partial charge on any atom is 0.411 e. The van der Waals surface area contributed by atoms with Crippen LogP contribution in [-0.2, 0) is 11.3 Å². The molecule has 0 saturated heterocycles. The highest BCUT2D eigenvalue weighted by molar-refractivity contribution is 6.02. The maximum absolute atomic E-state index is 11.8. The summed E-state index contributed by atoms with van der Waals surface area (Å²) in [5, 5.41) is 9.56. The summed E-state index contributed by atoms with van der Waals surface area (Å²) in [6.45, 7) is 7.13. The second kappa shape index (κ2) is 5.29. The van der Waals surface area contributed by atoms with Gasteiger partial charge in [0.2, 0.25) is 0 Å². The summed E-state index contributed by atoms with van der Waals surface area (Å²) < 4.78 is 6.64. The molecule has 2 heterocycles. The molecule has 2 N–H and O–H groups in total. The van der Waals surface area contributed by atoms with Crippen molar-refractivity contribution in [3.05, 3.63) is 11.4 Å². The Morgan fingerprint density at radius 1 is 1.58 bits per heavy atom. The molecule has 104 valence electrons. The number of nitrogens with one attached hydrogen (secondary N) is 2. The summed E-state index contributed by atoms with van der Waals surface area (Å²) in [5.74, 6) is 0.0298. The topological polar surface area (TPSA) is 85.2 Å². The molecule has 1 aromatic heterocycles. The van der Waals surface area contributed by atoms with Crippen molar-refractivity contribution < 1.29 is 14.3 Å². The van der Waals surface area contributed by atoms with Crippen molar-refractivity contribution in [1.29, 1.82) is 0 Å². The molecule has 0 fully saturated rings. The van der Waals surface area contributed by atoms with Gasteiger partial charge in [-0.2, -0.15) is 5.10 Å². The molecule has 0 spiro atoms. The molecule has 0 aromatic carbocycles. The lowest BCUT2D eigenvalue weighted by Gasteiger charge is -2.15. The van der Waals surface area contributed by atoms with Crippen LogP contribution in [0.2, 0.25) is 0 Å². The number of hydrogen-bond acceptors (Lipinski definition) is 4. The SMILES string of the molecule is Cc1nn2c(c1NC(=O)OCC(C)C)C(=O)NCC2. The summed E-state index contributed by atoms with van der Waals surface area (Å²) in [4.78, 5) is 23.5. The molecule has 7 heteroatoms. The fraction of sp³-hybridized carbons (Fsp3) is 0.583. The average Bonchev–Trinajstić information content (AvgIpc) is 2.65. The van der Waals surface area contributed by atoms with E-state index in [-0.39, 0.29) is 11.8 Å².